The van der Waals surface area contributed by atoms with E-state index in [4.69, 9.17) is 4.42 Å². The summed E-state index contributed by atoms with van der Waals surface area (Å²) in [6.07, 6.45) is 9.87. The maximum Gasteiger partial charge on any atom is 0.223 e. The van der Waals surface area contributed by atoms with Gasteiger partial charge in [-0.2, -0.15) is 0 Å². The molecule has 1 aliphatic heterocycles. The van der Waals surface area contributed by atoms with Gasteiger partial charge in [-0.25, -0.2) is 4.98 Å². The third kappa shape index (κ3) is 3.89. The summed E-state index contributed by atoms with van der Waals surface area (Å²) in [7, 11) is 0. The Hall–Kier alpha value is -2.04. The van der Waals surface area contributed by atoms with Crippen molar-refractivity contribution < 1.29 is 9.21 Å². The smallest absolute Gasteiger partial charge is 0.223 e. The first-order valence-electron chi connectivity index (χ1n) is 9.01. The van der Waals surface area contributed by atoms with Crippen LogP contribution in [-0.2, 0) is 17.8 Å². The molecular formula is C19H27N3O2. The van der Waals surface area contributed by atoms with Crippen molar-refractivity contribution in [2.75, 3.05) is 6.54 Å². The minimum Gasteiger partial charge on any atom is -0.464 e. The number of hydrogen-bond acceptors (Lipinski definition) is 3. The number of rotatable bonds is 6. The third-order valence-corrected chi connectivity index (χ3v) is 4.91. The molecule has 0 radical (unpaired) electrons. The molecule has 2 aromatic heterocycles. The van der Waals surface area contributed by atoms with E-state index in [0.29, 0.717) is 12.3 Å². The molecule has 0 N–H and O–H groups in total. The minimum absolute atomic E-state index is 0.0924. The van der Waals surface area contributed by atoms with Crippen molar-refractivity contribution in [1.29, 1.82) is 0 Å². The summed E-state index contributed by atoms with van der Waals surface area (Å²) >= 11 is 0. The second kappa shape index (κ2) is 7.69. The number of carbonyl (C=O) groups excluding carboxylic acids is 1. The van der Waals surface area contributed by atoms with Gasteiger partial charge in [0.05, 0.1) is 12.4 Å². The molecule has 24 heavy (non-hydrogen) atoms. The van der Waals surface area contributed by atoms with Crippen molar-refractivity contribution in [2.45, 2.75) is 58.5 Å². The van der Waals surface area contributed by atoms with Crippen molar-refractivity contribution in [3.8, 4) is 0 Å². The van der Waals surface area contributed by atoms with Crippen LogP contribution in [0, 0.1) is 5.92 Å². The molecule has 130 valence electrons. The lowest BCUT2D eigenvalue weighted by atomic mass is 9.90. The normalized spacial score (nSPS) is 21.2. The van der Waals surface area contributed by atoms with Crippen LogP contribution in [0.15, 0.2) is 35.3 Å². The zero-order chi connectivity index (χ0) is 16.9. The molecule has 0 spiro atoms. The highest BCUT2D eigenvalue weighted by molar-refractivity contribution is 5.76. The summed E-state index contributed by atoms with van der Waals surface area (Å²) in [4.78, 5) is 18.8. The number of aryl methyl sites for hydroxylation is 2. The standard InChI is InChI=1S/C19H27N3O2/c1-3-16-6-7-18(24-16)17-13-15(2)8-11-22(17)19(23)5-4-10-21-12-9-20-14-21/h6-7,9,12,14-15,17H,3-5,8,10-11,13H2,1-2H3/t15-,17+/m0/s1. The highest BCUT2D eigenvalue weighted by Gasteiger charge is 2.32. The fourth-order valence-corrected chi connectivity index (χ4v) is 3.45. The minimum atomic E-state index is 0.0924. The van der Waals surface area contributed by atoms with Crippen LogP contribution < -0.4 is 0 Å². The topological polar surface area (TPSA) is 51.3 Å². The molecular weight excluding hydrogens is 302 g/mol. The van der Waals surface area contributed by atoms with Gasteiger partial charge in [-0.3, -0.25) is 4.79 Å². The van der Waals surface area contributed by atoms with Crippen LogP contribution >= 0.6 is 0 Å². The Labute approximate surface area is 143 Å². The molecule has 0 aromatic carbocycles. The molecule has 1 fully saturated rings. The van der Waals surface area contributed by atoms with Crippen LogP contribution in [0.3, 0.4) is 0 Å². The first-order chi connectivity index (χ1) is 11.7. The molecule has 0 aliphatic carbocycles. The van der Waals surface area contributed by atoms with Crippen molar-refractivity contribution in [2.24, 2.45) is 5.92 Å². The van der Waals surface area contributed by atoms with E-state index >= 15 is 0 Å². The molecule has 5 nitrogen and oxygen atoms in total. The Kier molecular flexibility index (Phi) is 5.38. The van der Waals surface area contributed by atoms with Crippen LogP contribution in [0.5, 0.6) is 0 Å². The summed E-state index contributed by atoms with van der Waals surface area (Å²) in [5, 5.41) is 0. The molecule has 2 atom stereocenters. The fourth-order valence-electron chi connectivity index (χ4n) is 3.45. The van der Waals surface area contributed by atoms with E-state index in [2.05, 4.69) is 18.8 Å². The van der Waals surface area contributed by atoms with Crippen molar-refractivity contribution in [3.63, 3.8) is 0 Å². The average molecular weight is 329 g/mol. The van der Waals surface area contributed by atoms with Gasteiger partial charge in [0.1, 0.15) is 11.5 Å². The van der Waals surface area contributed by atoms with E-state index in [0.717, 1.165) is 50.3 Å². The number of piperidine rings is 1. The zero-order valence-corrected chi connectivity index (χ0v) is 14.6. The number of likely N-dealkylation sites (tertiary alicyclic amines) is 1. The van der Waals surface area contributed by atoms with Gasteiger partial charge in [0.25, 0.3) is 0 Å². The number of carbonyl (C=O) groups is 1. The summed E-state index contributed by atoms with van der Waals surface area (Å²) in [5.74, 6) is 2.80. The van der Waals surface area contributed by atoms with E-state index in [1.165, 1.54) is 0 Å². The molecule has 1 aliphatic rings. The largest absolute Gasteiger partial charge is 0.464 e. The lowest BCUT2D eigenvalue weighted by Crippen LogP contribution is -2.40. The number of nitrogens with zero attached hydrogens (tertiary/aromatic N) is 3. The fraction of sp³-hybridized carbons (Fsp3) is 0.579. The van der Waals surface area contributed by atoms with Gasteiger partial charge >= 0.3 is 0 Å². The zero-order valence-electron chi connectivity index (χ0n) is 14.6. The first kappa shape index (κ1) is 16.8. The van der Waals surface area contributed by atoms with Crippen molar-refractivity contribution in [3.05, 3.63) is 42.4 Å². The van der Waals surface area contributed by atoms with Gasteiger partial charge in [-0.1, -0.05) is 13.8 Å². The van der Waals surface area contributed by atoms with Gasteiger partial charge in [0, 0.05) is 38.3 Å². The van der Waals surface area contributed by atoms with Crippen LogP contribution in [0.25, 0.3) is 0 Å². The molecule has 1 amide bonds. The lowest BCUT2D eigenvalue weighted by Gasteiger charge is -2.37. The first-order valence-corrected chi connectivity index (χ1v) is 9.01. The summed E-state index contributed by atoms with van der Waals surface area (Å²) < 4.78 is 7.98. The molecule has 3 rings (SSSR count). The maximum absolute atomic E-state index is 12.8. The highest BCUT2D eigenvalue weighted by Crippen LogP contribution is 2.35. The van der Waals surface area contributed by atoms with E-state index in [1.54, 1.807) is 12.5 Å². The van der Waals surface area contributed by atoms with E-state index in [1.807, 2.05) is 27.8 Å². The molecule has 0 unspecified atom stereocenters. The number of furan rings is 1. The number of aromatic nitrogens is 2. The van der Waals surface area contributed by atoms with Gasteiger partial charge in [-0.15, -0.1) is 0 Å². The predicted molar refractivity (Wildman–Crippen MR) is 92.4 cm³/mol. The Morgan fingerprint density at radius 2 is 2.29 bits per heavy atom. The molecule has 5 heteroatoms. The van der Waals surface area contributed by atoms with Crippen molar-refractivity contribution in [1.82, 2.24) is 14.5 Å². The lowest BCUT2D eigenvalue weighted by molar-refractivity contribution is -0.136. The summed E-state index contributed by atoms with van der Waals surface area (Å²) in [6.45, 7) is 6.02. The van der Waals surface area contributed by atoms with Gasteiger partial charge in [0.15, 0.2) is 0 Å². The molecule has 3 heterocycles. The van der Waals surface area contributed by atoms with Gasteiger partial charge in [-0.05, 0) is 37.3 Å². The Bertz CT molecular complexity index is 647. The third-order valence-electron chi connectivity index (χ3n) is 4.91. The Morgan fingerprint density at radius 1 is 1.42 bits per heavy atom. The Morgan fingerprint density at radius 3 is 3.00 bits per heavy atom. The number of amides is 1. The molecule has 2 aromatic rings. The molecule has 0 bridgehead atoms. The van der Waals surface area contributed by atoms with Crippen LogP contribution in [0.4, 0.5) is 0 Å². The highest BCUT2D eigenvalue weighted by atomic mass is 16.3. The SMILES string of the molecule is CCc1ccc([C@H]2C[C@@H](C)CCN2C(=O)CCCn2ccnc2)o1. The van der Waals surface area contributed by atoms with Gasteiger partial charge < -0.3 is 13.9 Å². The van der Waals surface area contributed by atoms with Crippen LogP contribution in [0.1, 0.15) is 57.1 Å². The number of imidazole rings is 1. The van der Waals surface area contributed by atoms with E-state index in [-0.39, 0.29) is 11.9 Å². The second-order valence-electron chi connectivity index (χ2n) is 6.79. The monoisotopic (exact) mass is 329 g/mol. The molecule has 0 saturated carbocycles. The quantitative estimate of drug-likeness (QED) is 0.809. The van der Waals surface area contributed by atoms with Crippen molar-refractivity contribution >= 4 is 5.91 Å². The second-order valence-corrected chi connectivity index (χ2v) is 6.79. The van der Waals surface area contributed by atoms with Crippen LogP contribution in [-0.4, -0.2) is 26.9 Å². The molecule has 1 saturated heterocycles. The average Bonchev–Trinajstić information content (AvgIpc) is 3.26. The summed E-state index contributed by atoms with van der Waals surface area (Å²) in [5.41, 5.74) is 0. The summed E-state index contributed by atoms with van der Waals surface area (Å²) in [6, 6.07) is 4.18. The van der Waals surface area contributed by atoms with Gasteiger partial charge in [0.2, 0.25) is 5.91 Å². The van der Waals surface area contributed by atoms with E-state index < -0.39 is 0 Å². The predicted octanol–water partition coefficient (Wildman–Crippen LogP) is 3.82. The Balaban J connectivity index is 1.63. The van der Waals surface area contributed by atoms with Crippen LogP contribution in [0.2, 0.25) is 0 Å². The van der Waals surface area contributed by atoms with E-state index in [9.17, 15) is 4.79 Å². The maximum atomic E-state index is 12.8. The number of hydrogen-bond donors (Lipinski definition) is 0.